The molecule has 1 fully saturated rings. The highest BCUT2D eigenvalue weighted by molar-refractivity contribution is 6.07. The number of aliphatic imine (C=N–C) groups is 1. The minimum absolute atomic E-state index is 0.167. The minimum Gasteiger partial charge on any atom is -0.299 e. The first kappa shape index (κ1) is 7.01. The Kier molecular flexibility index (Phi) is 1.38. The van der Waals surface area contributed by atoms with Crippen molar-refractivity contribution >= 4 is 11.5 Å². The Bertz CT molecular complexity index is 232. The van der Waals surface area contributed by atoms with Crippen LogP contribution in [-0.2, 0) is 4.79 Å². The summed E-state index contributed by atoms with van der Waals surface area (Å²) in [5.41, 5.74) is 1.07. The Hall–Kier alpha value is -0.660. The molecular weight excluding hydrogens is 138 g/mol. The summed E-state index contributed by atoms with van der Waals surface area (Å²) >= 11 is 0. The number of ketones is 1. The lowest BCUT2D eigenvalue weighted by Crippen LogP contribution is -2.42. The van der Waals surface area contributed by atoms with Crippen LogP contribution < -0.4 is 0 Å². The van der Waals surface area contributed by atoms with E-state index in [4.69, 9.17) is 0 Å². The third-order valence-electron chi connectivity index (χ3n) is 2.83. The number of nitrogens with zero attached hydrogens (tertiary/aromatic N) is 1. The van der Waals surface area contributed by atoms with Gasteiger partial charge in [0.2, 0.25) is 0 Å². The molecule has 3 unspecified atom stereocenters. The van der Waals surface area contributed by atoms with E-state index in [1.54, 1.807) is 0 Å². The van der Waals surface area contributed by atoms with Gasteiger partial charge in [-0.1, -0.05) is 6.92 Å². The fraction of sp³-hybridized carbons (Fsp3) is 0.778. The van der Waals surface area contributed by atoms with Gasteiger partial charge in [0.15, 0.2) is 0 Å². The van der Waals surface area contributed by atoms with Crippen molar-refractivity contribution in [3.63, 3.8) is 0 Å². The van der Waals surface area contributed by atoms with Crippen molar-refractivity contribution in [1.29, 1.82) is 0 Å². The van der Waals surface area contributed by atoms with Gasteiger partial charge >= 0.3 is 0 Å². The third-order valence-corrected chi connectivity index (χ3v) is 2.83. The smallest absolute Gasteiger partial charge is 0.143 e. The summed E-state index contributed by atoms with van der Waals surface area (Å²) in [6.45, 7) is 4.15. The topological polar surface area (TPSA) is 29.4 Å². The maximum absolute atomic E-state index is 11.4. The van der Waals surface area contributed by atoms with Gasteiger partial charge in [-0.2, -0.15) is 0 Å². The maximum atomic E-state index is 11.4. The number of hydrogen-bond donors (Lipinski definition) is 0. The lowest BCUT2D eigenvalue weighted by Gasteiger charge is -2.36. The summed E-state index contributed by atoms with van der Waals surface area (Å²) in [7, 11) is 0. The zero-order valence-electron chi connectivity index (χ0n) is 7.00. The summed E-state index contributed by atoms with van der Waals surface area (Å²) < 4.78 is 0. The molecule has 3 aliphatic rings. The first-order valence-electron chi connectivity index (χ1n) is 4.25. The van der Waals surface area contributed by atoms with Gasteiger partial charge in [0.05, 0.1) is 12.0 Å². The van der Waals surface area contributed by atoms with Gasteiger partial charge in [-0.25, -0.2) is 0 Å². The first-order valence-corrected chi connectivity index (χ1v) is 4.25. The van der Waals surface area contributed by atoms with Crippen LogP contribution in [0.1, 0.15) is 26.7 Å². The summed E-state index contributed by atoms with van der Waals surface area (Å²) in [5, 5.41) is 0. The van der Waals surface area contributed by atoms with E-state index in [0.29, 0.717) is 24.2 Å². The van der Waals surface area contributed by atoms with E-state index < -0.39 is 0 Å². The maximum Gasteiger partial charge on any atom is 0.143 e. The largest absolute Gasteiger partial charge is 0.299 e. The van der Waals surface area contributed by atoms with E-state index in [1.807, 2.05) is 6.92 Å². The standard InChI is InChI=1S/C9H13NO/c1-5-3-7-4-8(11)9(5)6(2)10-7/h5,7,9H,3-4H2,1-2H3. The molecule has 0 N–H and O–H groups in total. The molecule has 1 saturated carbocycles. The second-order valence-electron chi connectivity index (χ2n) is 3.79. The SMILES string of the molecule is CC1=NC2CC(=O)C1C(C)C2. The molecule has 0 amide bonds. The van der Waals surface area contributed by atoms with Crippen LogP contribution in [-0.4, -0.2) is 17.5 Å². The van der Waals surface area contributed by atoms with Crippen LogP contribution >= 0.6 is 0 Å². The molecule has 2 bridgehead atoms. The van der Waals surface area contributed by atoms with Crippen molar-refractivity contribution in [2.24, 2.45) is 16.8 Å². The molecule has 2 heterocycles. The molecule has 60 valence electrons. The zero-order chi connectivity index (χ0) is 8.01. The van der Waals surface area contributed by atoms with Crippen LogP contribution in [0.25, 0.3) is 0 Å². The van der Waals surface area contributed by atoms with Crippen LogP contribution in [0.15, 0.2) is 4.99 Å². The average Bonchev–Trinajstić information content (AvgIpc) is 1.82. The van der Waals surface area contributed by atoms with Crippen LogP contribution in [0.4, 0.5) is 0 Å². The van der Waals surface area contributed by atoms with Crippen LogP contribution in [0.3, 0.4) is 0 Å². The molecule has 2 nitrogen and oxygen atoms in total. The number of carbonyl (C=O) groups is 1. The van der Waals surface area contributed by atoms with Crippen molar-refractivity contribution in [3.05, 3.63) is 0 Å². The van der Waals surface area contributed by atoms with Gasteiger partial charge in [-0.15, -0.1) is 0 Å². The Morgan fingerprint density at radius 1 is 1.55 bits per heavy atom. The van der Waals surface area contributed by atoms with E-state index in [2.05, 4.69) is 11.9 Å². The fourth-order valence-electron chi connectivity index (χ4n) is 2.44. The molecule has 2 aliphatic heterocycles. The fourth-order valence-corrected chi connectivity index (χ4v) is 2.44. The molecule has 1 aliphatic carbocycles. The van der Waals surface area contributed by atoms with Gasteiger partial charge in [-0.3, -0.25) is 9.79 Å². The van der Waals surface area contributed by atoms with Gasteiger partial charge in [0.1, 0.15) is 5.78 Å². The summed E-state index contributed by atoms with van der Waals surface area (Å²) in [5.74, 6) is 1.12. The van der Waals surface area contributed by atoms with Crippen molar-refractivity contribution in [3.8, 4) is 0 Å². The van der Waals surface area contributed by atoms with Gasteiger partial charge < -0.3 is 0 Å². The first-order chi connectivity index (χ1) is 5.18. The highest BCUT2D eigenvalue weighted by Crippen LogP contribution is 2.34. The Morgan fingerprint density at radius 2 is 2.27 bits per heavy atom. The number of Topliss-reactive ketones (excluding diaryl/α,β-unsaturated/α-hetero) is 1. The van der Waals surface area contributed by atoms with Gasteiger partial charge in [0.25, 0.3) is 0 Å². The number of carbonyl (C=O) groups excluding carboxylic acids is 1. The zero-order valence-corrected chi connectivity index (χ0v) is 7.00. The molecule has 3 rings (SSSR count). The second kappa shape index (κ2) is 2.16. The van der Waals surface area contributed by atoms with Crippen molar-refractivity contribution < 1.29 is 4.79 Å². The van der Waals surface area contributed by atoms with Crippen LogP contribution in [0.5, 0.6) is 0 Å². The lowest BCUT2D eigenvalue weighted by atomic mass is 9.72. The number of rotatable bonds is 0. The number of hydrogen-bond acceptors (Lipinski definition) is 2. The predicted octanol–water partition coefficient (Wildman–Crippen LogP) is 1.44. The molecular formula is C9H13NO. The predicted molar refractivity (Wildman–Crippen MR) is 43.8 cm³/mol. The van der Waals surface area contributed by atoms with E-state index in [-0.39, 0.29) is 5.92 Å². The highest BCUT2D eigenvalue weighted by Gasteiger charge is 2.39. The molecule has 0 aromatic carbocycles. The summed E-state index contributed by atoms with van der Waals surface area (Å²) in [6, 6.07) is 0.322. The summed E-state index contributed by atoms with van der Waals surface area (Å²) in [4.78, 5) is 15.8. The molecule has 2 heteroatoms. The van der Waals surface area contributed by atoms with Crippen molar-refractivity contribution in [2.45, 2.75) is 32.7 Å². The quantitative estimate of drug-likeness (QED) is 0.515. The number of fused-ring (bicyclic) bond motifs is 2. The molecule has 11 heavy (non-hydrogen) atoms. The average molecular weight is 151 g/mol. The van der Waals surface area contributed by atoms with E-state index in [9.17, 15) is 4.79 Å². The molecule has 0 radical (unpaired) electrons. The molecule has 0 aromatic heterocycles. The third kappa shape index (κ3) is 0.924. The van der Waals surface area contributed by atoms with Crippen molar-refractivity contribution in [1.82, 2.24) is 0 Å². The van der Waals surface area contributed by atoms with Gasteiger partial charge in [0, 0.05) is 12.1 Å². The lowest BCUT2D eigenvalue weighted by molar-refractivity contribution is -0.124. The second-order valence-corrected chi connectivity index (χ2v) is 3.79. The summed E-state index contributed by atoms with van der Waals surface area (Å²) in [6.07, 6.45) is 1.82. The molecule has 0 saturated heterocycles. The van der Waals surface area contributed by atoms with Crippen LogP contribution in [0.2, 0.25) is 0 Å². The normalized spacial score (nSPS) is 42.5. The van der Waals surface area contributed by atoms with Crippen LogP contribution in [0, 0.1) is 11.8 Å². The Balaban J connectivity index is 2.37. The monoisotopic (exact) mass is 151 g/mol. The van der Waals surface area contributed by atoms with E-state index >= 15 is 0 Å². The molecule has 0 aromatic rings. The Morgan fingerprint density at radius 3 is 2.64 bits per heavy atom. The molecule has 3 atom stereocenters. The van der Waals surface area contributed by atoms with Gasteiger partial charge in [-0.05, 0) is 19.3 Å². The van der Waals surface area contributed by atoms with Crippen molar-refractivity contribution in [2.75, 3.05) is 0 Å². The molecule has 0 spiro atoms. The Labute approximate surface area is 66.7 Å². The minimum atomic E-state index is 0.167. The highest BCUT2D eigenvalue weighted by atomic mass is 16.1. The van der Waals surface area contributed by atoms with E-state index in [0.717, 1.165) is 12.1 Å². The van der Waals surface area contributed by atoms with E-state index in [1.165, 1.54) is 0 Å².